The van der Waals surface area contributed by atoms with Crippen molar-refractivity contribution >= 4 is 22.8 Å². The number of benzene rings is 2. The van der Waals surface area contributed by atoms with Crippen LogP contribution >= 0.6 is 0 Å². The minimum Gasteiger partial charge on any atom is -0.490 e. The second-order valence-electron chi connectivity index (χ2n) is 8.16. The molecule has 2 N–H and O–H groups in total. The van der Waals surface area contributed by atoms with Gasteiger partial charge in [-0.05, 0) is 50.6 Å². The normalized spacial score (nSPS) is 10.8. The van der Waals surface area contributed by atoms with Crippen molar-refractivity contribution < 1.29 is 23.4 Å². The maximum absolute atomic E-state index is 13.2. The first kappa shape index (κ1) is 26.6. The molecule has 200 valence electrons. The van der Waals surface area contributed by atoms with Crippen molar-refractivity contribution in [1.29, 1.82) is 0 Å². The quantitative estimate of drug-likeness (QED) is 0.269. The molecule has 38 heavy (non-hydrogen) atoms. The van der Waals surface area contributed by atoms with E-state index in [0.717, 1.165) is 10.9 Å². The fourth-order valence-electron chi connectivity index (χ4n) is 3.88. The van der Waals surface area contributed by atoms with E-state index in [0.29, 0.717) is 73.7 Å². The number of rotatable bonds is 13. The SMILES string of the molecule is CCOc1cc(C(=O)NCCn2ncc3c(NCc4ccc(F)cc4)ncnc32)cc(OCC)c1OCC. The highest BCUT2D eigenvalue weighted by Gasteiger charge is 2.18. The van der Waals surface area contributed by atoms with Gasteiger partial charge in [-0.1, -0.05) is 12.1 Å². The van der Waals surface area contributed by atoms with Crippen LogP contribution < -0.4 is 24.8 Å². The second kappa shape index (κ2) is 12.7. The Balaban J connectivity index is 1.42. The van der Waals surface area contributed by atoms with Gasteiger partial charge < -0.3 is 24.8 Å². The monoisotopic (exact) mass is 522 g/mol. The minimum atomic E-state index is -0.279. The third kappa shape index (κ3) is 6.28. The zero-order valence-corrected chi connectivity index (χ0v) is 21.7. The van der Waals surface area contributed by atoms with Gasteiger partial charge >= 0.3 is 0 Å². The van der Waals surface area contributed by atoms with Gasteiger partial charge in [-0.3, -0.25) is 4.79 Å². The molecule has 2 heterocycles. The van der Waals surface area contributed by atoms with Crippen molar-refractivity contribution in [2.24, 2.45) is 0 Å². The lowest BCUT2D eigenvalue weighted by atomic mass is 10.1. The molecule has 0 aliphatic rings. The molecule has 4 aromatic rings. The van der Waals surface area contributed by atoms with Crippen LogP contribution in [0.15, 0.2) is 48.9 Å². The summed E-state index contributed by atoms with van der Waals surface area (Å²) >= 11 is 0. The van der Waals surface area contributed by atoms with E-state index in [1.165, 1.54) is 18.5 Å². The molecular formula is C27H31FN6O4. The van der Waals surface area contributed by atoms with Crippen LogP contribution in [0.2, 0.25) is 0 Å². The zero-order valence-electron chi connectivity index (χ0n) is 21.7. The number of nitrogens with zero attached hydrogens (tertiary/aromatic N) is 4. The van der Waals surface area contributed by atoms with Gasteiger partial charge in [-0.15, -0.1) is 0 Å². The fraction of sp³-hybridized carbons (Fsp3) is 0.333. The molecule has 0 aliphatic carbocycles. The third-order valence-electron chi connectivity index (χ3n) is 5.59. The molecule has 4 rings (SSSR count). The van der Waals surface area contributed by atoms with Gasteiger partial charge in [-0.25, -0.2) is 19.0 Å². The molecular weight excluding hydrogens is 491 g/mol. The van der Waals surface area contributed by atoms with Crippen molar-refractivity contribution in [1.82, 2.24) is 25.1 Å². The smallest absolute Gasteiger partial charge is 0.251 e. The summed E-state index contributed by atoms with van der Waals surface area (Å²) < 4.78 is 32.0. The average molecular weight is 523 g/mol. The molecule has 0 saturated heterocycles. The van der Waals surface area contributed by atoms with E-state index in [1.54, 1.807) is 35.1 Å². The van der Waals surface area contributed by atoms with Crippen molar-refractivity contribution in [3.63, 3.8) is 0 Å². The Morgan fingerprint density at radius 1 is 0.974 bits per heavy atom. The summed E-state index contributed by atoms with van der Waals surface area (Å²) in [6.07, 6.45) is 3.13. The third-order valence-corrected chi connectivity index (χ3v) is 5.59. The van der Waals surface area contributed by atoms with E-state index in [-0.39, 0.29) is 11.7 Å². The summed E-state index contributed by atoms with van der Waals surface area (Å²) in [6, 6.07) is 9.57. The van der Waals surface area contributed by atoms with Crippen LogP contribution in [0.4, 0.5) is 10.2 Å². The molecule has 1 amide bonds. The summed E-state index contributed by atoms with van der Waals surface area (Å²) in [4.78, 5) is 21.6. The van der Waals surface area contributed by atoms with Crippen molar-refractivity contribution in [3.05, 3.63) is 65.9 Å². The van der Waals surface area contributed by atoms with Crippen LogP contribution in [-0.2, 0) is 13.1 Å². The minimum absolute atomic E-state index is 0.275. The topological polar surface area (TPSA) is 112 Å². The zero-order chi connectivity index (χ0) is 26.9. The molecule has 2 aromatic carbocycles. The van der Waals surface area contributed by atoms with Gasteiger partial charge in [0, 0.05) is 18.7 Å². The van der Waals surface area contributed by atoms with Gasteiger partial charge in [0.05, 0.1) is 37.9 Å². The Morgan fingerprint density at radius 2 is 1.66 bits per heavy atom. The number of halogens is 1. The molecule has 0 fully saturated rings. The summed E-state index contributed by atoms with van der Waals surface area (Å²) in [6.45, 7) is 8.09. The van der Waals surface area contributed by atoms with Crippen LogP contribution in [0.1, 0.15) is 36.7 Å². The number of nitrogens with one attached hydrogen (secondary N) is 2. The van der Waals surface area contributed by atoms with Gasteiger partial charge in [0.25, 0.3) is 5.91 Å². The predicted molar refractivity (Wildman–Crippen MR) is 141 cm³/mol. The highest BCUT2D eigenvalue weighted by molar-refractivity contribution is 5.95. The Morgan fingerprint density at radius 3 is 2.32 bits per heavy atom. The summed E-state index contributed by atoms with van der Waals surface area (Å²) in [5.41, 5.74) is 1.96. The van der Waals surface area contributed by atoms with Crippen molar-refractivity contribution in [2.45, 2.75) is 33.9 Å². The van der Waals surface area contributed by atoms with Gasteiger partial charge in [0.2, 0.25) is 5.75 Å². The number of anilines is 1. The van der Waals surface area contributed by atoms with Crippen molar-refractivity contribution in [3.8, 4) is 17.2 Å². The van der Waals surface area contributed by atoms with E-state index >= 15 is 0 Å². The first-order valence-corrected chi connectivity index (χ1v) is 12.5. The van der Waals surface area contributed by atoms with Crippen LogP contribution in [0, 0.1) is 5.82 Å². The molecule has 0 unspecified atom stereocenters. The van der Waals surface area contributed by atoms with E-state index in [1.807, 2.05) is 20.8 Å². The number of hydrogen-bond acceptors (Lipinski definition) is 8. The molecule has 11 heteroatoms. The van der Waals surface area contributed by atoms with E-state index in [2.05, 4.69) is 25.7 Å². The number of carbonyl (C=O) groups is 1. The molecule has 0 bridgehead atoms. The summed E-state index contributed by atoms with van der Waals surface area (Å²) in [5.74, 6) is 1.47. The van der Waals surface area contributed by atoms with E-state index < -0.39 is 0 Å². The number of carbonyl (C=O) groups excluding carboxylic acids is 1. The van der Waals surface area contributed by atoms with Crippen LogP contribution in [0.5, 0.6) is 17.2 Å². The highest BCUT2D eigenvalue weighted by Crippen LogP contribution is 2.39. The van der Waals surface area contributed by atoms with Crippen molar-refractivity contribution in [2.75, 3.05) is 31.7 Å². The number of amides is 1. The largest absolute Gasteiger partial charge is 0.490 e. The van der Waals surface area contributed by atoms with E-state index in [4.69, 9.17) is 14.2 Å². The summed E-state index contributed by atoms with van der Waals surface area (Å²) in [5, 5.41) is 11.3. The Hall–Kier alpha value is -4.41. The van der Waals surface area contributed by atoms with Crippen LogP contribution in [-0.4, -0.2) is 52.0 Å². The van der Waals surface area contributed by atoms with Gasteiger partial charge in [0.1, 0.15) is 18.0 Å². The Bertz CT molecular complexity index is 1350. The average Bonchev–Trinajstić information content (AvgIpc) is 3.34. The molecule has 0 atom stereocenters. The number of fused-ring (bicyclic) bond motifs is 1. The molecule has 0 aliphatic heterocycles. The molecule has 0 spiro atoms. The molecule has 2 aromatic heterocycles. The molecule has 0 saturated carbocycles. The highest BCUT2D eigenvalue weighted by atomic mass is 19.1. The lowest BCUT2D eigenvalue weighted by Crippen LogP contribution is -2.27. The summed E-state index contributed by atoms with van der Waals surface area (Å²) in [7, 11) is 0. The Kier molecular flexibility index (Phi) is 8.91. The standard InChI is InChI=1S/C27H31FN6O4/c1-4-36-22-13-19(14-23(37-5-2)24(22)38-6-3)27(35)29-11-12-34-26-21(16-33-34)25(31-17-32-26)30-15-18-7-9-20(28)10-8-18/h7-10,13-14,16-17H,4-6,11-12,15H2,1-3H3,(H,29,35)(H,30,31,32). The van der Waals surface area contributed by atoms with Gasteiger partial charge in [-0.2, -0.15) is 5.10 Å². The first-order chi connectivity index (χ1) is 18.5. The number of hydrogen-bond donors (Lipinski definition) is 2. The maximum Gasteiger partial charge on any atom is 0.251 e. The Labute approximate surface area is 220 Å². The van der Waals surface area contributed by atoms with Crippen LogP contribution in [0.3, 0.4) is 0 Å². The lowest BCUT2D eigenvalue weighted by Gasteiger charge is -2.17. The molecule has 0 radical (unpaired) electrons. The lowest BCUT2D eigenvalue weighted by molar-refractivity contribution is 0.0951. The predicted octanol–water partition coefficient (Wildman–Crippen LogP) is 4.20. The van der Waals surface area contributed by atoms with E-state index in [9.17, 15) is 9.18 Å². The maximum atomic E-state index is 13.2. The molecule has 10 nitrogen and oxygen atoms in total. The van der Waals surface area contributed by atoms with Gasteiger partial charge in [0.15, 0.2) is 17.1 Å². The number of aromatic nitrogens is 4. The fourth-order valence-corrected chi connectivity index (χ4v) is 3.88. The van der Waals surface area contributed by atoms with Crippen LogP contribution in [0.25, 0.3) is 11.0 Å². The second-order valence-corrected chi connectivity index (χ2v) is 8.16. The first-order valence-electron chi connectivity index (χ1n) is 12.5. The number of ether oxygens (including phenoxy) is 3.